The maximum absolute atomic E-state index is 12.4. The minimum absolute atomic E-state index is 0.0416. The first-order valence-electron chi connectivity index (χ1n) is 8.99. The molecule has 1 saturated heterocycles. The number of hydrogen-bond acceptors (Lipinski definition) is 3. The Bertz CT molecular complexity index is 648. The second-order valence-corrected chi connectivity index (χ2v) is 6.33. The number of aromatic nitrogens is 1. The highest BCUT2D eigenvalue weighted by molar-refractivity contribution is 5.92. The Kier molecular flexibility index (Phi) is 6.65. The summed E-state index contributed by atoms with van der Waals surface area (Å²) in [6, 6.07) is 13.9. The molecule has 3 rings (SSSR count). The maximum Gasteiger partial charge on any atom is 0.267 e. The van der Waals surface area contributed by atoms with E-state index in [9.17, 15) is 4.79 Å². The van der Waals surface area contributed by atoms with E-state index in [0.717, 1.165) is 25.9 Å². The van der Waals surface area contributed by atoms with Crippen LogP contribution in [-0.2, 0) is 16.0 Å². The topological polar surface area (TPSA) is 52.5 Å². The van der Waals surface area contributed by atoms with Crippen LogP contribution in [0.15, 0.2) is 48.7 Å². The van der Waals surface area contributed by atoms with Crippen molar-refractivity contribution in [3.63, 3.8) is 0 Å². The van der Waals surface area contributed by atoms with Gasteiger partial charge in [-0.2, -0.15) is 0 Å². The largest absolute Gasteiger partial charge is 0.379 e. The van der Waals surface area contributed by atoms with Crippen molar-refractivity contribution >= 4 is 5.91 Å². The number of amides is 1. The highest BCUT2D eigenvalue weighted by Crippen LogP contribution is 2.12. The zero-order valence-electron chi connectivity index (χ0n) is 14.5. The Morgan fingerprint density at radius 1 is 1.24 bits per heavy atom. The van der Waals surface area contributed by atoms with Crippen LogP contribution in [0, 0.1) is 0 Å². The van der Waals surface area contributed by atoms with Crippen LogP contribution in [0.25, 0.3) is 0 Å². The third kappa shape index (κ3) is 5.44. The highest BCUT2D eigenvalue weighted by atomic mass is 16.5. The monoisotopic (exact) mass is 342 g/mol. The quantitative estimate of drug-likeness (QED) is 0.713. The van der Waals surface area contributed by atoms with Crippen molar-refractivity contribution < 1.29 is 14.3 Å². The molecular formula is C20H26N2O3. The van der Waals surface area contributed by atoms with Gasteiger partial charge in [0.1, 0.15) is 5.69 Å². The number of ether oxygens (including phenoxy) is 2. The molecule has 134 valence electrons. The van der Waals surface area contributed by atoms with E-state index in [0.29, 0.717) is 32.0 Å². The zero-order valence-corrected chi connectivity index (χ0v) is 14.5. The fourth-order valence-electron chi connectivity index (χ4n) is 3.00. The van der Waals surface area contributed by atoms with E-state index in [2.05, 4.69) is 17.4 Å². The van der Waals surface area contributed by atoms with E-state index >= 15 is 0 Å². The van der Waals surface area contributed by atoms with Crippen molar-refractivity contribution in [2.24, 2.45) is 0 Å². The van der Waals surface area contributed by atoms with E-state index < -0.39 is 0 Å². The van der Waals surface area contributed by atoms with Gasteiger partial charge >= 0.3 is 0 Å². The minimum Gasteiger partial charge on any atom is -0.379 e. The van der Waals surface area contributed by atoms with Crippen LogP contribution in [-0.4, -0.2) is 42.9 Å². The number of hydrogen-bond donors (Lipinski definition) is 1. The third-order valence-electron chi connectivity index (χ3n) is 4.34. The van der Waals surface area contributed by atoms with Gasteiger partial charge in [-0.05, 0) is 37.0 Å². The predicted octanol–water partition coefficient (Wildman–Crippen LogP) is 2.85. The van der Waals surface area contributed by atoms with E-state index in [-0.39, 0.29) is 12.0 Å². The van der Waals surface area contributed by atoms with Gasteiger partial charge in [0.2, 0.25) is 0 Å². The normalized spacial score (nSPS) is 16.9. The summed E-state index contributed by atoms with van der Waals surface area (Å²) in [7, 11) is 0. The predicted molar refractivity (Wildman–Crippen MR) is 96.7 cm³/mol. The van der Waals surface area contributed by atoms with Gasteiger partial charge in [0, 0.05) is 32.5 Å². The van der Waals surface area contributed by atoms with Crippen LogP contribution in [0.4, 0.5) is 0 Å². The Hall–Kier alpha value is -2.11. The fraction of sp³-hybridized carbons (Fsp3) is 0.450. The Balaban J connectivity index is 1.37. The number of nitrogens with zero attached hydrogens (tertiary/aromatic N) is 1. The number of nitrogens with one attached hydrogen (secondary N) is 1. The summed E-state index contributed by atoms with van der Waals surface area (Å²) in [5.41, 5.74) is 1.86. The molecule has 1 aromatic carbocycles. The second kappa shape index (κ2) is 9.39. The molecule has 2 heterocycles. The lowest BCUT2D eigenvalue weighted by Crippen LogP contribution is -2.27. The van der Waals surface area contributed by atoms with E-state index in [1.165, 1.54) is 5.56 Å². The van der Waals surface area contributed by atoms with Crippen LogP contribution in [0.5, 0.6) is 0 Å². The molecule has 1 unspecified atom stereocenters. The molecule has 1 fully saturated rings. The highest BCUT2D eigenvalue weighted by Gasteiger charge is 2.15. The van der Waals surface area contributed by atoms with Crippen molar-refractivity contribution in [3.8, 4) is 0 Å². The molecular weight excluding hydrogens is 316 g/mol. The molecule has 0 radical (unpaired) electrons. The summed E-state index contributed by atoms with van der Waals surface area (Å²) < 4.78 is 13.1. The Labute approximate surface area is 148 Å². The molecule has 25 heavy (non-hydrogen) atoms. The van der Waals surface area contributed by atoms with Crippen molar-refractivity contribution in [2.45, 2.75) is 31.9 Å². The van der Waals surface area contributed by atoms with Crippen LogP contribution in [0.2, 0.25) is 0 Å². The van der Waals surface area contributed by atoms with Crippen molar-refractivity contribution in [1.82, 2.24) is 9.88 Å². The SMILES string of the molecule is O=C(NCCCOCC1CCCO1)c1cccn1Cc1ccccc1. The van der Waals surface area contributed by atoms with E-state index in [1.54, 1.807) is 0 Å². The summed E-state index contributed by atoms with van der Waals surface area (Å²) in [5, 5.41) is 2.97. The molecule has 0 bridgehead atoms. The Morgan fingerprint density at radius 3 is 2.92 bits per heavy atom. The van der Waals surface area contributed by atoms with Gasteiger partial charge in [-0.3, -0.25) is 4.79 Å². The molecule has 1 aromatic heterocycles. The van der Waals surface area contributed by atoms with Crippen molar-refractivity contribution in [3.05, 3.63) is 59.9 Å². The first kappa shape index (κ1) is 17.7. The molecule has 1 amide bonds. The summed E-state index contributed by atoms with van der Waals surface area (Å²) >= 11 is 0. The molecule has 0 spiro atoms. The molecule has 1 N–H and O–H groups in total. The summed E-state index contributed by atoms with van der Waals surface area (Å²) in [4.78, 5) is 12.4. The molecule has 1 aliphatic heterocycles. The smallest absolute Gasteiger partial charge is 0.267 e. The summed E-state index contributed by atoms with van der Waals surface area (Å²) in [6.07, 6.45) is 5.22. The number of carbonyl (C=O) groups excluding carboxylic acids is 1. The lowest BCUT2D eigenvalue weighted by Gasteiger charge is -2.11. The molecule has 5 heteroatoms. The van der Waals surface area contributed by atoms with Gasteiger partial charge in [0.15, 0.2) is 0 Å². The van der Waals surface area contributed by atoms with Crippen LogP contribution >= 0.6 is 0 Å². The van der Waals surface area contributed by atoms with Crippen molar-refractivity contribution in [1.29, 1.82) is 0 Å². The lowest BCUT2D eigenvalue weighted by molar-refractivity contribution is 0.0166. The third-order valence-corrected chi connectivity index (χ3v) is 4.34. The molecule has 1 atom stereocenters. The lowest BCUT2D eigenvalue weighted by atomic mass is 10.2. The molecule has 5 nitrogen and oxygen atoms in total. The van der Waals surface area contributed by atoms with Gasteiger partial charge in [0.05, 0.1) is 12.7 Å². The average Bonchev–Trinajstić information content (AvgIpc) is 3.30. The summed E-state index contributed by atoms with van der Waals surface area (Å²) in [5.74, 6) is -0.0416. The van der Waals surface area contributed by atoms with Gasteiger partial charge < -0.3 is 19.4 Å². The Morgan fingerprint density at radius 2 is 2.12 bits per heavy atom. The van der Waals surface area contributed by atoms with Gasteiger partial charge in [0.25, 0.3) is 5.91 Å². The van der Waals surface area contributed by atoms with Crippen LogP contribution in [0.3, 0.4) is 0 Å². The molecule has 0 saturated carbocycles. The van der Waals surface area contributed by atoms with Crippen LogP contribution < -0.4 is 5.32 Å². The number of rotatable bonds is 9. The van der Waals surface area contributed by atoms with Crippen LogP contribution in [0.1, 0.15) is 35.3 Å². The maximum atomic E-state index is 12.4. The standard InChI is InChI=1S/C20H26N2O3/c23-20(21-11-6-13-24-16-18-9-5-14-25-18)19-10-4-12-22(19)15-17-7-2-1-3-8-17/h1-4,7-8,10,12,18H,5-6,9,11,13-16H2,(H,21,23). The average molecular weight is 342 g/mol. The second-order valence-electron chi connectivity index (χ2n) is 6.33. The van der Waals surface area contributed by atoms with E-state index in [4.69, 9.17) is 9.47 Å². The van der Waals surface area contributed by atoms with Gasteiger partial charge in [-0.15, -0.1) is 0 Å². The van der Waals surface area contributed by atoms with Gasteiger partial charge in [-0.1, -0.05) is 30.3 Å². The first-order chi connectivity index (χ1) is 12.3. The molecule has 0 aliphatic carbocycles. The number of carbonyl (C=O) groups is 1. The zero-order chi connectivity index (χ0) is 17.3. The summed E-state index contributed by atoms with van der Waals surface area (Å²) in [6.45, 7) is 3.47. The van der Waals surface area contributed by atoms with E-state index in [1.807, 2.05) is 41.1 Å². The van der Waals surface area contributed by atoms with Crippen molar-refractivity contribution in [2.75, 3.05) is 26.4 Å². The minimum atomic E-state index is -0.0416. The fourth-order valence-corrected chi connectivity index (χ4v) is 3.00. The molecule has 2 aromatic rings. The van der Waals surface area contributed by atoms with Gasteiger partial charge in [-0.25, -0.2) is 0 Å². The molecule has 1 aliphatic rings. The number of benzene rings is 1. The first-order valence-corrected chi connectivity index (χ1v) is 8.99.